The second-order valence-corrected chi connectivity index (χ2v) is 8.27. The molecule has 1 saturated heterocycles. The summed E-state index contributed by atoms with van der Waals surface area (Å²) >= 11 is 0. The third-order valence-electron chi connectivity index (χ3n) is 3.14. The van der Waals surface area contributed by atoms with Crippen LogP contribution in [0.25, 0.3) is 0 Å². The molecule has 1 amide bonds. The molecule has 3 N–H and O–H groups in total. The summed E-state index contributed by atoms with van der Waals surface area (Å²) < 4.78 is 28.3. The van der Waals surface area contributed by atoms with Crippen LogP contribution in [0, 0.1) is 11.8 Å². The molecule has 0 aliphatic carbocycles. The fraction of sp³-hybridized carbons (Fsp3) is 0.917. The van der Waals surface area contributed by atoms with Crippen molar-refractivity contribution >= 4 is 15.9 Å². The number of ether oxygens (including phenoxy) is 1. The Hall–Kier alpha value is -0.820. The zero-order valence-electron chi connectivity index (χ0n) is 11.8. The zero-order valence-corrected chi connectivity index (χ0v) is 12.6. The highest BCUT2D eigenvalue weighted by Gasteiger charge is 2.32. The van der Waals surface area contributed by atoms with Gasteiger partial charge in [0.15, 0.2) is 9.84 Å². The van der Waals surface area contributed by atoms with Gasteiger partial charge in [0.2, 0.25) is 0 Å². The topological polar surface area (TPSA) is 98.5 Å². The molecular formula is C12H24N2O4S. The van der Waals surface area contributed by atoms with Crippen LogP contribution in [0.4, 0.5) is 4.79 Å². The Morgan fingerprint density at radius 1 is 1.37 bits per heavy atom. The molecule has 7 heteroatoms. The first kappa shape index (κ1) is 16.2. The standard InChI is InChI=1S/C12H24N2O4S/c1-12(2,3)18-11(15)14-7-10-8-19(16,17)5-4-9(10)6-13/h9-10H,4-8,13H2,1-3H3,(H,14,15)/t9-,10+/m0/s1. The van der Waals surface area contributed by atoms with Crippen LogP contribution in [0.5, 0.6) is 0 Å². The molecular weight excluding hydrogens is 268 g/mol. The van der Waals surface area contributed by atoms with E-state index in [9.17, 15) is 13.2 Å². The first-order chi connectivity index (χ1) is 8.63. The molecule has 1 fully saturated rings. The summed E-state index contributed by atoms with van der Waals surface area (Å²) in [5.74, 6) is 0.289. The van der Waals surface area contributed by atoms with Gasteiger partial charge in [0.05, 0.1) is 11.5 Å². The lowest BCUT2D eigenvalue weighted by Crippen LogP contribution is -2.44. The van der Waals surface area contributed by atoms with E-state index in [0.29, 0.717) is 13.0 Å². The first-order valence-electron chi connectivity index (χ1n) is 6.50. The Morgan fingerprint density at radius 2 is 2.00 bits per heavy atom. The summed E-state index contributed by atoms with van der Waals surface area (Å²) in [4.78, 5) is 11.5. The highest BCUT2D eigenvalue weighted by Crippen LogP contribution is 2.24. The molecule has 1 aliphatic heterocycles. The third-order valence-corrected chi connectivity index (χ3v) is 4.94. The zero-order chi connectivity index (χ0) is 14.7. The highest BCUT2D eigenvalue weighted by atomic mass is 32.2. The lowest BCUT2D eigenvalue weighted by molar-refractivity contribution is 0.0514. The maximum atomic E-state index is 11.6. The van der Waals surface area contributed by atoms with Gasteiger partial charge in [0, 0.05) is 6.54 Å². The third kappa shape index (κ3) is 5.78. The second kappa shape index (κ2) is 6.09. The summed E-state index contributed by atoms with van der Waals surface area (Å²) in [6.45, 7) is 6.06. The minimum absolute atomic E-state index is 0.0880. The van der Waals surface area contributed by atoms with Gasteiger partial charge in [-0.25, -0.2) is 13.2 Å². The first-order valence-corrected chi connectivity index (χ1v) is 8.32. The van der Waals surface area contributed by atoms with Crippen molar-refractivity contribution in [2.75, 3.05) is 24.6 Å². The van der Waals surface area contributed by atoms with Gasteiger partial charge in [-0.3, -0.25) is 0 Å². The SMILES string of the molecule is CC(C)(C)OC(=O)NC[C@@H]1CS(=O)(=O)CC[C@H]1CN. The van der Waals surface area contributed by atoms with Crippen molar-refractivity contribution in [3.05, 3.63) is 0 Å². The van der Waals surface area contributed by atoms with E-state index in [1.807, 2.05) is 0 Å². The van der Waals surface area contributed by atoms with E-state index >= 15 is 0 Å². The average molecular weight is 292 g/mol. The number of rotatable bonds is 3. The molecule has 0 aromatic rings. The molecule has 19 heavy (non-hydrogen) atoms. The van der Waals surface area contributed by atoms with Crippen LogP contribution in [0.3, 0.4) is 0 Å². The highest BCUT2D eigenvalue weighted by molar-refractivity contribution is 7.91. The number of alkyl carbamates (subject to hydrolysis) is 1. The lowest BCUT2D eigenvalue weighted by Gasteiger charge is -2.30. The van der Waals surface area contributed by atoms with Gasteiger partial charge < -0.3 is 15.8 Å². The van der Waals surface area contributed by atoms with Crippen molar-refractivity contribution in [2.24, 2.45) is 17.6 Å². The molecule has 1 heterocycles. The molecule has 0 unspecified atom stereocenters. The number of amides is 1. The predicted octanol–water partition coefficient (Wildman–Crippen LogP) is 0.521. The van der Waals surface area contributed by atoms with Gasteiger partial charge in [0.1, 0.15) is 5.60 Å². The van der Waals surface area contributed by atoms with Crippen LogP contribution in [0.1, 0.15) is 27.2 Å². The maximum absolute atomic E-state index is 11.6. The maximum Gasteiger partial charge on any atom is 0.407 e. The molecule has 6 nitrogen and oxygen atoms in total. The van der Waals surface area contributed by atoms with E-state index in [-0.39, 0.29) is 29.9 Å². The molecule has 112 valence electrons. The van der Waals surface area contributed by atoms with Crippen molar-refractivity contribution in [1.82, 2.24) is 5.32 Å². The molecule has 0 bridgehead atoms. The van der Waals surface area contributed by atoms with Crippen molar-refractivity contribution in [2.45, 2.75) is 32.8 Å². The van der Waals surface area contributed by atoms with Crippen LogP contribution >= 0.6 is 0 Å². The summed E-state index contributed by atoms with van der Waals surface area (Å²) in [7, 11) is -3.01. The fourth-order valence-corrected chi connectivity index (χ4v) is 4.05. The quantitative estimate of drug-likeness (QED) is 0.790. The molecule has 1 rings (SSSR count). The lowest BCUT2D eigenvalue weighted by atomic mass is 9.91. The minimum atomic E-state index is -3.01. The van der Waals surface area contributed by atoms with Crippen LogP contribution in [-0.2, 0) is 14.6 Å². The molecule has 0 spiro atoms. The average Bonchev–Trinajstić information content (AvgIpc) is 2.23. The number of hydrogen-bond acceptors (Lipinski definition) is 5. The van der Waals surface area contributed by atoms with E-state index < -0.39 is 21.5 Å². The predicted molar refractivity (Wildman–Crippen MR) is 73.5 cm³/mol. The van der Waals surface area contributed by atoms with Crippen molar-refractivity contribution in [3.8, 4) is 0 Å². The molecule has 1 aliphatic rings. The van der Waals surface area contributed by atoms with Crippen LogP contribution in [0.15, 0.2) is 0 Å². The van der Waals surface area contributed by atoms with Gasteiger partial charge >= 0.3 is 6.09 Å². The van der Waals surface area contributed by atoms with E-state index in [2.05, 4.69) is 5.32 Å². The van der Waals surface area contributed by atoms with Gasteiger partial charge in [-0.15, -0.1) is 0 Å². The van der Waals surface area contributed by atoms with E-state index in [1.165, 1.54) is 0 Å². The number of hydrogen-bond donors (Lipinski definition) is 2. The molecule has 0 radical (unpaired) electrons. The number of nitrogens with two attached hydrogens (primary N) is 1. The minimum Gasteiger partial charge on any atom is -0.444 e. The Kier molecular flexibility index (Phi) is 5.20. The van der Waals surface area contributed by atoms with Crippen molar-refractivity contribution in [3.63, 3.8) is 0 Å². The number of sulfone groups is 1. The molecule has 2 atom stereocenters. The Labute approximate surface area is 115 Å². The summed E-state index contributed by atoms with van der Waals surface area (Å²) in [5, 5.41) is 2.63. The fourth-order valence-electron chi connectivity index (χ4n) is 2.18. The van der Waals surface area contributed by atoms with Crippen molar-refractivity contribution in [1.29, 1.82) is 0 Å². The Morgan fingerprint density at radius 3 is 2.53 bits per heavy atom. The largest absolute Gasteiger partial charge is 0.444 e. The van der Waals surface area contributed by atoms with Gasteiger partial charge in [0.25, 0.3) is 0 Å². The Bertz CT molecular complexity index is 414. The number of nitrogens with one attached hydrogen (secondary N) is 1. The smallest absolute Gasteiger partial charge is 0.407 e. The van der Waals surface area contributed by atoms with Gasteiger partial charge in [-0.2, -0.15) is 0 Å². The summed E-state index contributed by atoms with van der Waals surface area (Å²) in [6.07, 6.45) is 0.0469. The van der Waals surface area contributed by atoms with Crippen LogP contribution in [0.2, 0.25) is 0 Å². The molecule has 0 aromatic carbocycles. The number of carbonyl (C=O) groups is 1. The summed E-state index contributed by atoms with van der Waals surface area (Å²) in [6, 6.07) is 0. The normalized spacial score (nSPS) is 26.7. The van der Waals surface area contributed by atoms with Crippen molar-refractivity contribution < 1.29 is 17.9 Å². The molecule has 0 saturated carbocycles. The van der Waals surface area contributed by atoms with Gasteiger partial charge in [-0.05, 0) is 45.6 Å². The second-order valence-electron chi connectivity index (χ2n) is 6.04. The van der Waals surface area contributed by atoms with E-state index in [0.717, 1.165) is 0 Å². The van der Waals surface area contributed by atoms with E-state index in [4.69, 9.17) is 10.5 Å². The van der Waals surface area contributed by atoms with E-state index in [1.54, 1.807) is 20.8 Å². The summed E-state index contributed by atoms with van der Waals surface area (Å²) in [5.41, 5.74) is 5.09. The van der Waals surface area contributed by atoms with Crippen LogP contribution < -0.4 is 11.1 Å². The monoisotopic (exact) mass is 292 g/mol. The Balaban J connectivity index is 2.51. The number of carbonyl (C=O) groups excluding carboxylic acids is 1. The van der Waals surface area contributed by atoms with Gasteiger partial charge in [-0.1, -0.05) is 0 Å². The molecule has 0 aromatic heterocycles. The van der Waals surface area contributed by atoms with Crippen LogP contribution in [-0.4, -0.2) is 44.7 Å².